The predicted molar refractivity (Wildman–Crippen MR) is 131 cm³/mol. The SMILES string of the molecule is CCC(C)C(NC(=O)C(N)CCSC)C(=O)NC(CS)C(=O)NC(CCSC)C(=O)O. The largest absolute Gasteiger partial charge is 0.480 e. The van der Waals surface area contributed by atoms with Gasteiger partial charge in [0.1, 0.15) is 18.1 Å². The van der Waals surface area contributed by atoms with E-state index in [1.54, 1.807) is 11.8 Å². The molecule has 0 aromatic heterocycles. The van der Waals surface area contributed by atoms with Crippen molar-refractivity contribution >= 4 is 59.8 Å². The summed E-state index contributed by atoms with van der Waals surface area (Å²) in [6, 6.07) is -3.71. The lowest BCUT2D eigenvalue weighted by molar-refractivity contribution is -0.142. The van der Waals surface area contributed by atoms with E-state index in [0.29, 0.717) is 18.6 Å². The maximum Gasteiger partial charge on any atom is 0.326 e. The van der Waals surface area contributed by atoms with Crippen molar-refractivity contribution in [2.45, 2.75) is 57.3 Å². The van der Waals surface area contributed by atoms with E-state index in [2.05, 4.69) is 28.6 Å². The molecule has 180 valence electrons. The van der Waals surface area contributed by atoms with Crippen molar-refractivity contribution < 1.29 is 24.3 Å². The molecule has 0 fully saturated rings. The topological polar surface area (TPSA) is 151 Å². The highest BCUT2D eigenvalue weighted by Gasteiger charge is 2.31. The zero-order valence-corrected chi connectivity index (χ0v) is 21.1. The Morgan fingerprint density at radius 3 is 1.97 bits per heavy atom. The lowest BCUT2D eigenvalue weighted by atomic mass is 9.97. The van der Waals surface area contributed by atoms with E-state index in [1.165, 1.54) is 11.8 Å². The van der Waals surface area contributed by atoms with E-state index in [4.69, 9.17) is 5.73 Å². The van der Waals surface area contributed by atoms with Crippen molar-refractivity contribution in [1.82, 2.24) is 16.0 Å². The van der Waals surface area contributed by atoms with Gasteiger partial charge in [0.15, 0.2) is 0 Å². The molecular weight excluding hydrogens is 460 g/mol. The van der Waals surface area contributed by atoms with Crippen LogP contribution in [-0.4, -0.2) is 82.7 Å². The molecule has 0 aliphatic carbocycles. The summed E-state index contributed by atoms with van der Waals surface area (Å²) in [5.41, 5.74) is 5.90. The molecule has 0 saturated carbocycles. The molecule has 31 heavy (non-hydrogen) atoms. The number of nitrogens with two attached hydrogens (primary N) is 1. The molecule has 0 heterocycles. The van der Waals surface area contributed by atoms with Gasteiger partial charge in [0, 0.05) is 5.75 Å². The highest BCUT2D eigenvalue weighted by molar-refractivity contribution is 7.98. The van der Waals surface area contributed by atoms with Crippen molar-refractivity contribution in [2.75, 3.05) is 29.8 Å². The normalized spacial score (nSPS) is 15.8. The first-order valence-corrected chi connectivity index (χ1v) is 13.5. The summed E-state index contributed by atoms with van der Waals surface area (Å²) in [4.78, 5) is 49.2. The standard InChI is InChI=1S/C19H36N4O5S3/c1-5-11(2)15(23-16(24)12(20)6-8-30-3)18(26)22-14(10-29)17(25)21-13(19(27)28)7-9-31-4/h11-15,29H,5-10,20H2,1-4H3,(H,21,25)(H,22,26)(H,23,24)(H,27,28). The fourth-order valence-corrected chi connectivity index (χ4v) is 3.78. The van der Waals surface area contributed by atoms with Gasteiger partial charge < -0.3 is 26.8 Å². The van der Waals surface area contributed by atoms with Gasteiger partial charge in [0.25, 0.3) is 0 Å². The molecule has 3 amide bonds. The monoisotopic (exact) mass is 496 g/mol. The van der Waals surface area contributed by atoms with Crippen LogP contribution in [0.5, 0.6) is 0 Å². The maximum atomic E-state index is 12.9. The number of aliphatic carboxylic acids is 1. The lowest BCUT2D eigenvalue weighted by Crippen LogP contribution is -2.59. The minimum Gasteiger partial charge on any atom is -0.480 e. The van der Waals surface area contributed by atoms with Crippen molar-refractivity contribution in [2.24, 2.45) is 11.7 Å². The summed E-state index contributed by atoms with van der Waals surface area (Å²) in [5.74, 6) is -1.69. The number of rotatable bonds is 16. The Labute approximate surface area is 198 Å². The second-order valence-electron chi connectivity index (χ2n) is 7.18. The molecule has 0 bridgehead atoms. The van der Waals surface area contributed by atoms with Crippen molar-refractivity contribution in [3.05, 3.63) is 0 Å². The van der Waals surface area contributed by atoms with Crippen LogP contribution in [0.15, 0.2) is 0 Å². The Balaban J connectivity index is 5.19. The van der Waals surface area contributed by atoms with Gasteiger partial charge in [-0.2, -0.15) is 36.2 Å². The van der Waals surface area contributed by atoms with Crippen molar-refractivity contribution in [1.29, 1.82) is 0 Å². The summed E-state index contributed by atoms with van der Waals surface area (Å²) in [6.45, 7) is 3.70. The van der Waals surface area contributed by atoms with E-state index >= 15 is 0 Å². The van der Waals surface area contributed by atoms with E-state index in [-0.39, 0.29) is 18.1 Å². The number of carbonyl (C=O) groups excluding carboxylic acids is 3. The molecule has 0 saturated heterocycles. The molecule has 0 spiro atoms. The molecule has 0 aromatic rings. The molecule has 0 aliphatic rings. The molecule has 5 unspecified atom stereocenters. The Kier molecular flexibility index (Phi) is 15.9. The van der Waals surface area contributed by atoms with E-state index in [1.807, 2.05) is 26.4 Å². The second-order valence-corrected chi connectivity index (χ2v) is 9.52. The predicted octanol–water partition coefficient (Wildman–Crippen LogP) is 0.335. The molecule has 5 atom stereocenters. The van der Waals surface area contributed by atoms with Crippen LogP contribution >= 0.6 is 36.2 Å². The number of carboxylic acids is 1. The lowest BCUT2D eigenvalue weighted by Gasteiger charge is -2.27. The molecule has 0 rings (SSSR count). The minimum atomic E-state index is -1.14. The van der Waals surface area contributed by atoms with Crippen LogP contribution in [0, 0.1) is 5.92 Å². The second kappa shape index (κ2) is 16.5. The van der Waals surface area contributed by atoms with Gasteiger partial charge in [-0.15, -0.1) is 0 Å². The Hall–Kier alpha value is -1.11. The average Bonchev–Trinajstić information content (AvgIpc) is 2.75. The maximum absolute atomic E-state index is 12.9. The quantitative estimate of drug-likeness (QED) is 0.167. The first kappa shape index (κ1) is 29.9. The molecular formula is C19H36N4O5S3. The van der Waals surface area contributed by atoms with Crippen LogP contribution in [0.3, 0.4) is 0 Å². The first-order chi connectivity index (χ1) is 14.6. The summed E-state index contributed by atoms with van der Waals surface area (Å²) >= 11 is 7.17. The van der Waals surface area contributed by atoms with Gasteiger partial charge >= 0.3 is 5.97 Å². The number of nitrogens with one attached hydrogen (secondary N) is 3. The van der Waals surface area contributed by atoms with Gasteiger partial charge in [-0.05, 0) is 42.8 Å². The van der Waals surface area contributed by atoms with Gasteiger partial charge in [-0.3, -0.25) is 14.4 Å². The summed E-state index contributed by atoms with van der Waals surface area (Å²) < 4.78 is 0. The van der Waals surface area contributed by atoms with Crippen LogP contribution in [0.25, 0.3) is 0 Å². The number of amides is 3. The first-order valence-electron chi connectivity index (χ1n) is 10.1. The summed E-state index contributed by atoms with van der Waals surface area (Å²) in [7, 11) is 0. The molecule has 0 radical (unpaired) electrons. The number of carboxylic acid groups (broad SMARTS) is 1. The third-order valence-electron chi connectivity index (χ3n) is 4.80. The van der Waals surface area contributed by atoms with Gasteiger partial charge in [-0.1, -0.05) is 20.3 Å². The van der Waals surface area contributed by atoms with Crippen LogP contribution in [-0.2, 0) is 19.2 Å². The van der Waals surface area contributed by atoms with Crippen LogP contribution in [0.1, 0.15) is 33.1 Å². The third-order valence-corrected chi connectivity index (χ3v) is 6.46. The fraction of sp³-hybridized carbons (Fsp3) is 0.789. The van der Waals surface area contributed by atoms with Gasteiger partial charge in [0.2, 0.25) is 17.7 Å². The zero-order valence-electron chi connectivity index (χ0n) is 18.6. The molecule has 12 heteroatoms. The third kappa shape index (κ3) is 11.4. The minimum absolute atomic E-state index is 0.0269. The summed E-state index contributed by atoms with van der Waals surface area (Å²) in [5, 5.41) is 17.0. The number of carbonyl (C=O) groups is 4. The summed E-state index contributed by atoms with van der Waals surface area (Å²) in [6.07, 6.45) is 5.11. The van der Waals surface area contributed by atoms with E-state index in [9.17, 15) is 24.3 Å². The highest BCUT2D eigenvalue weighted by Crippen LogP contribution is 2.10. The Bertz CT molecular complexity index is 597. The Morgan fingerprint density at radius 2 is 1.48 bits per heavy atom. The molecule has 6 N–H and O–H groups in total. The van der Waals surface area contributed by atoms with Crippen molar-refractivity contribution in [3.8, 4) is 0 Å². The number of hydrogen-bond donors (Lipinski definition) is 6. The number of thiol groups is 1. The molecule has 0 aromatic carbocycles. The van der Waals surface area contributed by atoms with Gasteiger partial charge in [-0.25, -0.2) is 4.79 Å². The average molecular weight is 497 g/mol. The number of hydrogen-bond acceptors (Lipinski definition) is 8. The Morgan fingerprint density at radius 1 is 0.935 bits per heavy atom. The van der Waals surface area contributed by atoms with E-state index < -0.39 is 47.9 Å². The highest BCUT2D eigenvalue weighted by atomic mass is 32.2. The fourth-order valence-electron chi connectivity index (χ4n) is 2.56. The zero-order chi connectivity index (χ0) is 24.0. The van der Waals surface area contributed by atoms with Crippen LogP contribution in [0.4, 0.5) is 0 Å². The van der Waals surface area contributed by atoms with E-state index in [0.717, 1.165) is 5.75 Å². The smallest absolute Gasteiger partial charge is 0.326 e. The molecule has 9 nitrogen and oxygen atoms in total. The van der Waals surface area contributed by atoms with Crippen LogP contribution in [0.2, 0.25) is 0 Å². The number of thioether (sulfide) groups is 2. The van der Waals surface area contributed by atoms with Crippen molar-refractivity contribution in [3.63, 3.8) is 0 Å². The van der Waals surface area contributed by atoms with Gasteiger partial charge in [0.05, 0.1) is 6.04 Å². The van der Waals surface area contributed by atoms with Crippen LogP contribution < -0.4 is 21.7 Å². The molecule has 0 aliphatic heterocycles.